The second kappa shape index (κ2) is 5.10. The minimum absolute atomic E-state index is 0.171. The molecule has 0 radical (unpaired) electrons. The average molecular weight is 201 g/mol. The van der Waals surface area contributed by atoms with E-state index in [0.29, 0.717) is 6.04 Å². The molecule has 0 aliphatic heterocycles. The van der Waals surface area contributed by atoms with E-state index in [-0.39, 0.29) is 18.2 Å². The second-order valence-corrected chi connectivity index (χ2v) is 4.61. The molecule has 3 heteroatoms. The highest BCUT2D eigenvalue weighted by Gasteiger charge is 2.33. The van der Waals surface area contributed by atoms with Crippen LogP contribution >= 0.6 is 0 Å². The lowest BCUT2D eigenvalue weighted by atomic mass is 9.95. The Kier molecular flexibility index (Phi) is 4.35. The Morgan fingerprint density at radius 1 is 1.57 bits per heavy atom. The molecule has 0 aromatic carbocycles. The van der Waals surface area contributed by atoms with E-state index in [4.69, 9.17) is 4.74 Å². The molecule has 84 valence electrons. The smallest absolute Gasteiger partial charge is 0.0611 e. The minimum atomic E-state index is -0.171. The molecule has 3 nitrogen and oxygen atoms in total. The van der Waals surface area contributed by atoms with Crippen molar-refractivity contribution in [1.82, 2.24) is 5.32 Å². The highest BCUT2D eigenvalue weighted by molar-refractivity contribution is 4.93. The van der Waals surface area contributed by atoms with Gasteiger partial charge in [-0.05, 0) is 40.0 Å². The summed E-state index contributed by atoms with van der Waals surface area (Å²) in [5, 5.41) is 12.8. The van der Waals surface area contributed by atoms with Gasteiger partial charge in [0, 0.05) is 18.2 Å². The number of ether oxygens (including phenoxy) is 1. The lowest BCUT2D eigenvalue weighted by Crippen LogP contribution is -2.49. The minimum Gasteiger partial charge on any atom is -0.394 e. The topological polar surface area (TPSA) is 41.5 Å². The summed E-state index contributed by atoms with van der Waals surface area (Å²) in [6.07, 6.45) is 3.58. The quantitative estimate of drug-likeness (QED) is 0.652. The zero-order valence-electron chi connectivity index (χ0n) is 9.55. The molecule has 0 heterocycles. The maximum absolute atomic E-state index is 9.36. The second-order valence-electron chi connectivity index (χ2n) is 4.61. The van der Waals surface area contributed by atoms with E-state index < -0.39 is 0 Å². The molecule has 0 spiro atoms. The third-order valence-corrected chi connectivity index (χ3v) is 2.67. The molecule has 1 fully saturated rings. The Balaban J connectivity index is 2.33. The first-order valence-corrected chi connectivity index (χ1v) is 5.60. The van der Waals surface area contributed by atoms with Crippen LogP contribution in [-0.2, 0) is 4.74 Å². The summed E-state index contributed by atoms with van der Waals surface area (Å²) in [7, 11) is 0. The molecule has 0 bridgehead atoms. The van der Waals surface area contributed by atoms with Gasteiger partial charge in [0.1, 0.15) is 0 Å². The van der Waals surface area contributed by atoms with Gasteiger partial charge in [-0.3, -0.25) is 0 Å². The molecular formula is C11H23NO2. The molecule has 1 aliphatic carbocycles. The number of aliphatic hydroxyl groups is 1. The van der Waals surface area contributed by atoms with Gasteiger partial charge in [0.05, 0.1) is 12.7 Å². The lowest BCUT2D eigenvalue weighted by molar-refractivity contribution is 0.0346. The van der Waals surface area contributed by atoms with Crippen molar-refractivity contribution in [1.29, 1.82) is 0 Å². The Hall–Kier alpha value is -0.120. The van der Waals surface area contributed by atoms with Crippen molar-refractivity contribution in [3.8, 4) is 0 Å². The summed E-state index contributed by atoms with van der Waals surface area (Å²) in [6, 6.07) is 0.626. The Morgan fingerprint density at radius 2 is 2.21 bits per heavy atom. The van der Waals surface area contributed by atoms with Crippen LogP contribution in [-0.4, -0.2) is 36.0 Å². The monoisotopic (exact) mass is 201 g/mol. The number of hydrogen-bond donors (Lipinski definition) is 2. The van der Waals surface area contributed by atoms with Gasteiger partial charge < -0.3 is 15.2 Å². The molecule has 0 saturated heterocycles. The predicted molar refractivity (Wildman–Crippen MR) is 57.4 cm³/mol. The molecule has 1 saturated carbocycles. The van der Waals surface area contributed by atoms with Crippen molar-refractivity contribution in [2.75, 3.05) is 13.2 Å². The third-order valence-electron chi connectivity index (χ3n) is 2.67. The van der Waals surface area contributed by atoms with Crippen LogP contribution < -0.4 is 5.32 Å². The molecule has 14 heavy (non-hydrogen) atoms. The average Bonchev–Trinajstić information content (AvgIpc) is 2.88. The van der Waals surface area contributed by atoms with Crippen LogP contribution in [0.1, 0.15) is 40.0 Å². The Morgan fingerprint density at radius 3 is 2.64 bits per heavy atom. The van der Waals surface area contributed by atoms with Crippen LogP contribution in [0.4, 0.5) is 0 Å². The number of hydrogen-bond acceptors (Lipinski definition) is 3. The normalized spacial score (nSPS) is 23.1. The molecule has 2 unspecified atom stereocenters. The van der Waals surface area contributed by atoms with Crippen molar-refractivity contribution in [2.24, 2.45) is 0 Å². The van der Waals surface area contributed by atoms with Crippen LogP contribution in [0, 0.1) is 0 Å². The summed E-state index contributed by atoms with van der Waals surface area (Å²) in [5.74, 6) is 0. The van der Waals surface area contributed by atoms with Crippen LogP contribution in [0.5, 0.6) is 0 Å². The molecular weight excluding hydrogens is 178 g/mol. The van der Waals surface area contributed by atoms with Gasteiger partial charge in [-0.1, -0.05) is 0 Å². The number of rotatable bonds is 7. The predicted octanol–water partition coefficient (Wildman–Crippen LogP) is 1.30. The van der Waals surface area contributed by atoms with Gasteiger partial charge in [-0.15, -0.1) is 0 Å². The highest BCUT2D eigenvalue weighted by atomic mass is 16.5. The van der Waals surface area contributed by atoms with Gasteiger partial charge in [0.15, 0.2) is 0 Å². The Bertz CT molecular complexity index is 171. The van der Waals surface area contributed by atoms with Crippen molar-refractivity contribution >= 4 is 0 Å². The van der Waals surface area contributed by atoms with Crippen molar-refractivity contribution in [2.45, 2.75) is 57.7 Å². The maximum atomic E-state index is 9.36. The van der Waals surface area contributed by atoms with Crippen LogP contribution in [0.3, 0.4) is 0 Å². The fraction of sp³-hybridized carbons (Fsp3) is 1.00. The zero-order valence-corrected chi connectivity index (χ0v) is 9.55. The standard InChI is InChI=1S/C11H23NO2/c1-4-14-9(2)7-11(3,8-13)12-10-5-6-10/h9-10,12-13H,4-8H2,1-3H3. The van der Waals surface area contributed by atoms with E-state index in [9.17, 15) is 5.11 Å². The Labute approximate surface area is 86.8 Å². The van der Waals surface area contributed by atoms with E-state index in [2.05, 4.69) is 19.2 Å². The maximum Gasteiger partial charge on any atom is 0.0611 e. The first kappa shape index (κ1) is 12.0. The van der Waals surface area contributed by atoms with Gasteiger partial charge in [0.2, 0.25) is 0 Å². The zero-order chi connectivity index (χ0) is 10.6. The summed E-state index contributed by atoms with van der Waals surface area (Å²) < 4.78 is 5.49. The van der Waals surface area contributed by atoms with E-state index in [0.717, 1.165) is 13.0 Å². The van der Waals surface area contributed by atoms with Crippen molar-refractivity contribution < 1.29 is 9.84 Å². The molecule has 1 aliphatic rings. The first-order valence-electron chi connectivity index (χ1n) is 5.60. The summed E-state index contributed by atoms with van der Waals surface area (Å²) >= 11 is 0. The van der Waals surface area contributed by atoms with E-state index >= 15 is 0 Å². The molecule has 2 atom stereocenters. The molecule has 0 aromatic heterocycles. The van der Waals surface area contributed by atoms with Gasteiger partial charge in [-0.2, -0.15) is 0 Å². The van der Waals surface area contributed by atoms with E-state index in [1.807, 2.05) is 6.92 Å². The molecule has 1 rings (SSSR count). The third kappa shape index (κ3) is 3.95. The van der Waals surface area contributed by atoms with Crippen LogP contribution in [0.2, 0.25) is 0 Å². The fourth-order valence-electron chi connectivity index (χ4n) is 1.87. The van der Waals surface area contributed by atoms with Gasteiger partial charge in [-0.25, -0.2) is 0 Å². The summed E-state index contributed by atoms with van der Waals surface area (Å²) in [4.78, 5) is 0. The van der Waals surface area contributed by atoms with Crippen molar-refractivity contribution in [3.63, 3.8) is 0 Å². The number of nitrogens with one attached hydrogen (secondary N) is 1. The van der Waals surface area contributed by atoms with E-state index in [1.54, 1.807) is 0 Å². The SMILES string of the molecule is CCOC(C)CC(C)(CO)NC1CC1. The highest BCUT2D eigenvalue weighted by Crippen LogP contribution is 2.25. The largest absolute Gasteiger partial charge is 0.394 e. The number of aliphatic hydroxyl groups excluding tert-OH is 1. The first-order chi connectivity index (χ1) is 6.59. The summed E-state index contributed by atoms with van der Waals surface area (Å²) in [5.41, 5.74) is -0.171. The molecule has 0 amide bonds. The van der Waals surface area contributed by atoms with E-state index in [1.165, 1.54) is 12.8 Å². The van der Waals surface area contributed by atoms with Gasteiger partial charge >= 0.3 is 0 Å². The van der Waals surface area contributed by atoms with Crippen molar-refractivity contribution in [3.05, 3.63) is 0 Å². The fourth-order valence-corrected chi connectivity index (χ4v) is 1.87. The summed E-state index contributed by atoms with van der Waals surface area (Å²) in [6.45, 7) is 7.06. The molecule has 2 N–H and O–H groups in total. The van der Waals surface area contributed by atoms with Crippen LogP contribution in [0.25, 0.3) is 0 Å². The lowest BCUT2D eigenvalue weighted by Gasteiger charge is -2.31. The van der Waals surface area contributed by atoms with Crippen LogP contribution in [0.15, 0.2) is 0 Å². The van der Waals surface area contributed by atoms with Gasteiger partial charge in [0.25, 0.3) is 0 Å². The molecule has 0 aromatic rings.